The van der Waals surface area contributed by atoms with E-state index in [1.54, 1.807) is 0 Å². The fourth-order valence-corrected chi connectivity index (χ4v) is 2.21. The van der Waals surface area contributed by atoms with E-state index in [2.05, 4.69) is 5.32 Å². The first-order valence-corrected chi connectivity index (χ1v) is 8.11. The van der Waals surface area contributed by atoms with Crippen molar-refractivity contribution in [3.63, 3.8) is 0 Å². The molecule has 0 aromatic carbocycles. The fourth-order valence-electron chi connectivity index (χ4n) is 1.76. The quantitative estimate of drug-likeness (QED) is 0.179. The van der Waals surface area contributed by atoms with Crippen molar-refractivity contribution in [1.82, 2.24) is 10.2 Å². The van der Waals surface area contributed by atoms with E-state index in [1.807, 2.05) is 0 Å². The first-order valence-electron chi connectivity index (χ1n) is 6.31. The van der Waals surface area contributed by atoms with Crippen LogP contribution in [0.3, 0.4) is 0 Å². The highest BCUT2D eigenvalue weighted by atomic mass is 31.2. The van der Waals surface area contributed by atoms with Crippen LogP contribution in [0.15, 0.2) is 0 Å². The molecule has 0 aliphatic carbocycles. The van der Waals surface area contributed by atoms with Crippen LogP contribution in [0.1, 0.15) is 12.8 Å². The summed E-state index contributed by atoms with van der Waals surface area (Å²) in [4.78, 5) is 40.6. The van der Waals surface area contributed by atoms with E-state index in [1.165, 1.54) is 4.90 Å². The molecule has 10 nitrogen and oxygen atoms in total. The zero-order valence-corrected chi connectivity index (χ0v) is 12.4. The molecule has 0 aromatic heterocycles. The van der Waals surface area contributed by atoms with E-state index in [-0.39, 0.29) is 39.0 Å². The van der Waals surface area contributed by atoms with Crippen molar-refractivity contribution in [2.75, 3.05) is 32.5 Å². The summed E-state index contributed by atoms with van der Waals surface area (Å²) in [6.45, 7) is 0.777. The van der Waals surface area contributed by atoms with Gasteiger partial charge < -0.3 is 31.1 Å². The zero-order chi connectivity index (χ0) is 16.5. The molecule has 0 radical (unpaired) electrons. The SMILES string of the molecule is NCCN(CCNCP(=O)(O)O)[C@@H](CCC(=O)O)C(=O)O. The Labute approximate surface area is 122 Å². The normalized spacial score (nSPS) is 13.3. The molecule has 0 unspecified atom stereocenters. The summed E-state index contributed by atoms with van der Waals surface area (Å²) in [6, 6.07) is -0.999. The predicted octanol–water partition coefficient (Wildman–Crippen LogP) is -1.71. The second-order valence-corrected chi connectivity index (χ2v) is 6.08. The molecule has 0 fully saturated rings. The molecule has 0 rings (SSSR count). The lowest BCUT2D eigenvalue weighted by Crippen LogP contribution is -2.46. The Morgan fingerprint density at radius 2 is 1.86 bits per heavy atom. The summed E-state index contributed by atoms with van der Waals surface area (Å²) in [5.41, 5.74) is 5.40. The van der Waals surface area contributed by atoms with Crippen molar-refractivity contribution in [1.29, 1.82) is 0 Å². The van der Waals surface area contributed by atoms with Crippen molar-refractivity contribution < 1.29 is 34.2 Å². The van der Waals surface area contributed by atoms with Gasteiger partial charge in [0.2, 0.25) is 0 Å². The summed E-state index contributed by atoms with van der Waals surface area (Å²) in [7, 11) is -4.16. The molecular formula is C10H22N3O7P. The van der Waals surface area contributed by atoms with Crippen LogP contribution in [0.25, 0.3) is 0 Å². The van der Waals surface area contributed by atoms with Gasteiger partial charge in [-0.05, 0) is 6.42 Å². The molecule has 7 N–H and O–H groups in total. The van der Waals surface area contributed by atoms with Gasteiger partial charge in [0.05, 0.1) is 6.29 Å². The summed E-state index contributed by atoms with van der Waals surface area (Å²) in [6.07, 6.45) is -0.854. The van der Waals surface area contributed by atoms with Gasteiger partial charge in [-0.15, -0.1) is 0 Å². The number of nitrogens with zero attached hydrogens (tertiary/aromatic N) is 1. The van der Waals surface area contributed by atoms with Crippen LogP contribution in [0, 0.1) is 0 Å². The number of carboxylic acid groups (broad SMARTS) is 2. The molecule has 21 heavy (non-hydrogen) atoms. The first-order chi connectivity index (χ1) is 9.67. The van der Waals surface area contributed by atoms with Crippen molar-refractivity contribution in [2.45, 2.75) is 18.9 Å². The number of nitrogens with two attached hydrogens (primary N) is 1. The van der Waals surface area contributed by atoms with Gasteiger partial charge in [0.1, 0.15) is 6.04 Å². The van der Waals surface area contributed by atoms with E-state index in [0.717, 1.165) is 0 Å². The van der Waals surface area contributed by atoms with Crippen LogP contribution < -0.4 is 11.1 Å². The Balaban J connectivity index is 4.48. The molecule has 0 aliphatic rings. The highest BCUT2D eigenvalue weighted by Gasteiger charge is 2.25. The van der Waals surface area contributed by atoms with E-state index in [4.69, 9.17) is 25.7 Å². The van der Waals surface area contributed by atoms with Crippen molar-refractivity contribution in [2.24, 2.45) is 5.73 Å². The predicted molar refractivity (Wildman–Crippen MR) is 73.8 cm³/mol. The fraction of sp³-hybridized carbons (Fsp3) is 0.800. The third-order valence-corrected chi connectivity index (χ3v) is 3.30. The molecule has 0 amide bonds. The summed E-state index contributed by atoms with van der Waals surface area (Å²) < 4.78 is 10.7. The number of hydrogen-bond acceptors (Lipinski definition) is 6. The molecule has 0 aromatic rings. The molecule has 0 saturated carbocycles. The Kier molecular flexibility index (Phi) is 9.34. The van der Waals surface area contributed by atoms with Crippen LogP contribution in [0.4, 0.5) is 0 Å². The lowest BCUT2D eigenvalue weighted by molar-refractivity contribution is -0.144. The van der Waals surface area contributed by atoms with Gasteiger partial charge >= 0.3 is 19.5 Å². The van der Waals surface area contributed by atoms with Gasteiger partial charge in [-0.3, -0.25) is 19.1 Å². The number of carbonyl (C=O) groups is 2. The smallest absolute Gasteiger partial charge is 0.339 e. The van der Waals surface area contributed by atoms with Gasteiger partial charge in [0, 0.05) is 32.6 Å². The summed E-state index contributed by atoms with van der Waals surface area (Å²) in [5.74, 6) is -2.24. The Morgan fingerprint density at radius 1 is 1.24 bits per heavy atom. The average Bonchev–Trinajstić information content (AvgIpc) is 2.32. The van der Waals surface area contributed by atoms with Crippen LogP contribution >= 0.6 is 7.60 Å². The second kappa shape index (κ2) is 9.82. The Bertz CT molecular complexity index is 387. The van der Waals surface area contributed by atoms with E-state index < -0.39 is 31.9 Å². The number of rotatable bonds is 12. The second-order valence-electron chi connectivity index (χ2n) is 4.43. The molecule has 0 heterocycles. The van der Waals surface area contributed by atoms with Gasteiger partial charge in [-0.2, -0.15) is 0 Å². The summed E-state index contributed by atoms with van der Waals surface area (Å²) >= 11 is 0. The van der Waals surface area contributed by atoms with Crippen LogP contribution in [0.5, 0.6) is 0 Å². The number of nitrogens with one attached hydrogen (secondary N) is 1. The molecule has 0 aliphatic heterocycles. The molecule has 0 saturated heterocycles. The standard InChI is InChI=1S/C10H22N3O7P/c11-3-5-13(6-4-12-7-21(18,19)20)8(10(16)17)1-2-9(14)15/h8,12H,1-7,11H2,(H,14,15)(H,16,17)(H2,18,19,20)/t8-/m0/s1. The molecule has 1 atom stereocenters. The maximum absolute atomic E-state index is 11.2. The van der Waals surface area contributed by atoms with Gasteiger partial charge in [-0.25, -0.2) is 0 Å². The molecule has 11 heteroatoms. The van der Waals surface area contributed by atoms with Crippen LogP contribution in [-0.2, 0) is 14.2 Å². The highest BCUT2D eigenvalue weighted by Crippen LogP contribution is 2.31. The minimum absolute atomic E-state index is 0.0663. The maximum Gasteiger partial charge on any atom is 0.339 e. The van der Waals surface area contributed by atoms with Gasteiger partial charge in [0.25, 0.3) is 0 Å². The highest BCUT2D eigenvalue weighted by molar-refractivity contribution is 7.51. The van der Waals surface area contributed by atoms with Gasteiger partial charge in [-0.1, -0.05) is 0 Å². The van der Waals surface area contributed by atoms with Crippen molar-refractivity contribution in [3.05, 3.63) is 0 Å². The zero-order valence-electron chi connectivity index (χ0n) is 11.5. The van der Waals surface area contributed by atoms with E-state index in [9.17, 15) is 14.2 Å². The minimum atomic E-state index is -4.16. The molecular weight excluding hydrogens is 305 g/mol. The van der Waals surface area contributed by atoms with E-state index >= 15 is 0 Å². The number of hydrogen-bond donors (Lipinski definition) is 6. The largest absolute Gasteiger partial charge is 0.481 e. The molecule has 0 bridgehead atoms. The first kappa shape index (κ1) is 20.0. The van der Waals surface area contributed by atoms with Crippen LogP contribution in [0.2, 0.25) is 0 Å². The average molecular weight is 327 g/mol. The lowest BCUT2D eigenvalue weighted by atomic mass is 10.1. The molecule has 0 spiro atoms. The topological polar surface area (TPSA) is 173 Å². The van der Waals surface area contributed by atoms with E-state index in [0.29, 0.717) is 0 Å². The van der Waals surface area contributed by atoms with Crippen molar-refractivity contribution >= 4 is 19.5 Å². The minimum Gasteiger partial charge on any atom is -0.481 e. The number of carboxylic acids is 2. The monoisotopic (exact) mass is 327 g/mol. The maximum atomic E-state index is 11.2. The third kappa shape index (κ3) is 10.4. The number of aliphatic carboxylic acids is 2. The van der Waals surface area contributed by atoms with Crippen molar-refractivity contribution in [3.8, 4) is 0 Å². The Hall–Kier alpha value is -1.03. The molecule has 124 valence electrons. The lowest BCUT2D eigenvalue weighted by Gasteiger charge is -2.28. The summed E-state index contributed by atoms with van der Waals surface area (Å²) in [5, 5.41) is 20.3. The van der Waals surface area contributed by atoms with Gasteiger partial charge in [0.15, 0.2) is 0 Å². The van der Waals surface area contributed by atoms with Crippen LogP contribution in [-0.4, -0.2) is 75.3 Å². The third-order valence-electron chi connectivity index (χ3n) is 2.67. The Morgan fingerprint density at radius 3 is 2.29 bits per heavy atom.